The number of ether oxygens (including phenoxy) is 2. The Hall–Kier alpha value is -1.11. The van der Waals surface area contributed by atoms with E-state index in [4.69, 9.17) is 9.47 Å². The first kappa shape index (κ1) is 20.2. The molecule has 0 amide bonds. The number of hydrogen-bond donors (Lipinski definition) is 1. The van der Waals surface area contributed by atoms with Crippen LogP contribution in [0.15, 0.2) is 18.2 Å². The first-order valence-electron chi connectivity index (χ1n) is 10.7. The highest BCUT2D eigenvalue weighted by Crippen LogP contribution is 2.41. The third-order valence-electron chi connectivity index (χ3n) is 6.83. The summed E-state index contributed by atoms with van der Waals surface area (Å²) in [7, 11) is -3.24. The van der Waals surface area contributed by atoms with Crippen molar-refractivity contribution in [3.8, 4) is 5.75 Å². The fraction of sp³-hybridized carbons (Fsp3) is 0.727. The van der Waals surface area contributed by atoms with E-state index in [1.54, 1.807) is 0 Å². The quantitative estimate of drug-likeness (QED) is 0.811. The normalized spacial score (nSPS) is 33.7. The fourth-order valence-electron chi connectivity index (χ4n) is 5.34. The topological polar surface area (TPSA) is 64.6 Å². The van der Waals surface area contributed by atoms with Crippen LogP contribution in [0, 0.1) is 18.8 Å². The Bertz CT molecular complexity index is 786. The first-order chi connectivity index (χ1) is 13.4. The van der Waals surface area contributed by atoms with Crippen molar-refractivity contribution in [1.82, 2.24) is 4.72 Å². The van der Waals surface area contributed by atoms with Crippen molar-refractivity contribution in [2.24, 2.45) is 11.8 Å². The molecular formula is C22H33NO4S. The van der Waals surface area contributed by atoms with E-state index in [1.165, 1.54) is 17.4 Å². The summed E-state index contributed by atoms with van der Waals surface area (Å²) in [5.41, 5.74) is 2.62. The van der Waals surface area contributed by atoms with Crippen molar-refractivity contribution >= 4 is 10.0 Å². The van der Waals surface area contributed by atoms with Crippen molar-refractivity contribution in [3.05, 3.63) is 29.3 Å². The Kier molecular flexibility index (Phi) is 6.00. The molecule has 1 aromatic rings. The van der Waals surface area contributed by atoms with Crippen LogP contribution >= 0.6 is 0 Å². The molecule has 1 N–H and O–H groups in total. The molecule has 6 heteroatoms. The summed E-state index contributed by atoms with van der Waals surface area (Å²) < 4.78 is 39.4. The van der Waals surface area contributed by atoms with Gasteiger partial charge in [0.1, 0.15) is 5.75 Å². The fourth-order valence-corrected chi connectivity index (χ4v) is 6.18. The maximum atomic E-state index is 11.9. The lowest BCUT2D eigenvalue weighted by molar-refractivity contribution is -0.0298. The van der Waals surface area contributed by atoms with E-state index in [9.17, 15) is 8.42 Å². The molecule has 3 atom stereocenters. The molecule has 0 aromatic heterocycles. The van der Waals surface area contributed by atoms with Gasteiger partial charge in [-0.15, -0.1) is 0 Å². The van der Waals surface area contributed by atoms with E-state index in [1.807, 2.05) is 0 Å². The molecule has 1 unspecified atom stereocenters. The first-order valence-corrected chi connectivity index (χ1v) is 12.6. The molecule has 2 aliphatic heterocycles. The predicted octanol–water partition coefficient (Wildman–Crippen LogP) is 3.76. The van der Waals surface area contributed by atoms with Crippen LogP contribution in [-0.4, -0.2) is 40.0 Å². The Morgan fingerprint density at radius 1 is 1.04 bits per heavy atom. The Labute approximate surface area is 169 Å². The number of nitrogens with one attached hydrogen (secondary N) is 1. The Balaban J connectivity index is 1.61. The number of benzene rings is 1. The zero-order chi connectivity index (χ0) is 19.7. The van der Waals surface area contributed by atoms with Gasteiger partial charge in [0.15, 0.2) is 0 Å². The number of rotatable bonds is 2. The van der Waals surface area contributed by atoms with Crippen LogP contribution in [0.2, 0.25) is 0 Å². The van der Waals surface area contributed by atoms with E-state index >= 15 is 0 Å². The third kappa shape index (κ3) is 4.71. The summed E-state index contributed by atoms with van der Waals surface area (Å²) in [5.74, 6) is 2.04. The molecular weight excluding hydrogens is 374 g/mol. The van der Waals surface area contributed by atoms with Gasteiger partial charge in [0, 0.05) is 12.0 Å². The Morgan fingerprint density at radius 2 is 1.82 bits per heavy atom. The van der Waals surface area contributed by atoms with Gasteiger partial charge in [-0.3, -0.25) is 0 Å². The van der Waals surface area contributed by atoms with Crippen LogP contribution in [0.5, 0.6) is 5.75 Å². The highest BCUT2D eigenvalue weighted by Gasteiger charge is 2.37. The second-order valence-corrected chi connectivity index (χ2v) is 10.8. The van der Waals surface area contributed by atoms with Gasteiger partial charge in [-0.05, 0) is 68.9 Å². The molecule has 5 nitrogen and oxygen atoms in total. The lowest BCUT2D eigenvalue weighted by Gasteiger charge is -2.40. The van der Waals surface area contributed by atoms with E-state index in [2.05, 4.69) is 29.8 Å². The van der Waals surface area contributed by atoms with Crippen LogP contribution < -0.4 is 9.46 Å². The smallest absolute Gasteiger partial charge is 0.208 e. The van der Waals surface area contributed by atoms with Gasteiger partial charge in [-0.2, -0.15) is 0 Å². The van der Waals surface area contributed by atoms with E-state index in [0.29, 0.717) is 31.2 Å². The van der Waals surface area contributed by atoms with Gasteiger partial charge in [0.2, 0.25) is 10.0 Å². The summed E-state index contributed by atoms with van der Waals surface area (Å²) in [6, 6.07) is 6.49. The van der Waals surface area contributed by atoms with Gasteiger partial charge in [-0.25, -0.2) is 13.1 Å². The molecule has 2 saturated carbocycles. The van der Waals surface area contributed by atoms with Crippen LogP contribution in [0.25, 0.3) is 0 Å². The summed E-state index contributed by atoms with van der Waals surface area (Å²) in [6.07, 6.45) is 8.90. The number of sulfonamides is 1. The highest BCUT2D eigenvalue weighted by atomic mass is 32.2. The van der Waals surface area contributed by atoms with Gasteiger partial charge in [0.05, 0.1) is 25.6 Å². The lowest BCUT2D eigenvalue weighted by Crippen LogP contribution is -2.48. The minimum atomic E-state index is -3.24. The molecule has 2 bridgehead atoms. The standard InChI is InChI=1S/C22H33NO4S/c1-15-6-11-22-19(12-15)16-7-9-18(10-8-16)26-14-20-17(13-27-22)4-3-5-21(20)23-28(2,24)25/h6,11-12,16-18,20-21,23H,3-5,7-10,13-14H2,1-2H3/t16?,17?,18?,20-,21+/m1/s1. The molecule has 4 aliphatic rings. The molecule has 156 valence electrons. The van der Waals surface area contributed by atoms with Gasteiger partial charge >= 0.3 is 0 Å². The van der Waals surface area contributed by atoms with Crippen LogP contribution in [-0.2, 0) is 14.8 Å². The molecule has 0 saturated heterocycles. The molecule has 2 heterocycles. The second kappa shape index (κ2) is 8.33. The number of aryl methyl sites for hydroxylation is 1. The maximum Gasteiger partial charge on any atom is 0.208 e. The number of fused-ring (bicyclic) bond motifs is 4. The zero-order valence-corrected chi connectivity index (χ0v) is 17.8. The van der Waals surface area contributed by atoms with Crippen LogP contribution in [0.3, 0.4) is 0 Å². The van der Waals surface area contributed by atoms with Crippen LogP contribution in [0.4, 0.5) is 0 Å². The molecule has 1 aromatic carbocycles. The molecule has 2 fully saturated rings. The predicted molar refractivity (Wildman–Crippen MR) is 110 cm³/mol. The minimum absolute atomic E-state index is 0.0610. The van der Waals surface area contributed by atoms with Crippen molar-refractivity contribution in [2.45, 2.75) is 69.9 Å². The molecule has 5 rings (SSSR count). The largest absolute Gasteiger partial charge is 0.493 e. The maximum absolute atomic E-state index is 11.9. The molecule has 0 spiro atoms. The van der Waals surface area contributed by atoms with Crippen molar-refractivity contribution < 1.29 is 17.9 Å². The zero-order valence-electron chi connectivity index (χ0n) is 17.0. The minimum Gasteiger partial charge on any atom is -0.493 e. The van der Waals surface area contributed by atoms with E-state index in [-0.39, 0.29) is 12.0 Å². The second-order valence-electron chi connectivity index (χ2n) is 9.01. The Morgan fingerprint density at radius 3 is 2.57 bits per heavy atom. The summed E-state index contributed by atoms with van der Waals surface area (Å²) in [4.78, 5) is 0. The SMILES string of the molecule is Cc1ccc2c(c1)C1CCC(CC1)OC[C@@H]1C(CCC[C@@H]1NS(C)(=O)=O)CO2. The summed E-state index contributed by atoms with van der Waals surface area (Å²) in [5, 5.41) is 0. The van der Waals surface area contributed by atoms with Crippen molar-refractivity contribution in [1.29, 1.82) is 0 Å². The molecule has 0 radical (unpaired) electrons. The van der Waals surface area contributed by atoms with Gasteiger partial charge < -0.3 is 9.47 Å². The average Bonchev–Trinajstić information content (AvgIpc) is 2.64. The van der Waals surface area contributed by atoms with Gasteiger partial charge in [-0.1, -0.05) is 24.1 Å². The molecule has 2 aliphatic carbocycles. The third-order valence-corrected chi connectivity index (χ3v) is 7.57. The van der Waals surface area contributed by atoms with Crippen molar-refractivity contribution in [2.75, 3.05) is 19.5 Å². The number of hydrogen-bond acceptors (Lipinski definition) is 4. The van der Waals surface area contributed by atoms with E-state index in [0.717, 1.165) is 50.7 Å². The highest BCUT2D eigenvalue weighted by molar-refractivity contribution is 7.88. The monoisotopic (exact) mass is 407 g/mol. The van der Waals surface area contributed by atoms with Crippen molar-refractivity contribution in [3.63, 3.8) is 0 Å². The molecule has 28 heavy (non-hydrogen) atoms. The summed E-state index contributed by atoms with van der Waals surface area (Å²) >= 11 is 0. The van der Waals surface area contributed by atoms with E-state index < -0.39 is 10.0 Å². The summed E-state index contributed by atoms with van der Waals surface area (Å²) in [6.45, 7) is 3.39. The van der Waals surface area contributed by atoms with Gasteiger partial charge in [0.25, 0.3) is 0 Å². The average molecular weight is 408 g/mol. The van der Waals surface area contributed by atoms with Crippen LogP contribution in [0.1, 0.15) is 62.0 Å². The lowest BCUT2D eigenvalue weighted by atomic mass is 9.76.